The predicted molar refractivity (Wildman–Crippen MR) is 113 cm³/mol. The predicted octanol–water partition coefficient (Wildman–Crippen LogP) is 3.21. The largest absolute Gasteiger partial charge is 0.452 e. The van der Waals surface area contributed by atoms with Crippen molar-refractivity contribution in [3.05, 3.63) is 42.5 Å². The molecule has 1 heterocycles. The van der Waals surface area contributed by atoms with Crippen LogP contribution in [-0.2, 0) is 25.7 Å². The van der Waals surface area contributed by atoms with Crippen molar-refractivity contribution in [2.45, 2.75) is 39.8 Å². The number of amides is 2. The van der Waals surface area contributed by atoms with Crippen molar-refractivity contribution >= 4 is 45.3 Å². The molecule has 0 aliphatic heterocycles. The minimum Gasteiger partial charge on any atom is -0.452 e. The highest BCUT2D eigenvalue weighted by molar-refractivity contribution is 6.10. The first-order chi connectivity index (χ1) is 13.9. The zero-order valence-corrected chi connectivity index (χ0v) is 16.8. The van der Waals surface area contributed by atoms with Crippen LogP contribution in [0.25, 0.3) is 21.8 Å². The van der Waals surface area contributed by atoms with Gasteiger partial charge in [-0.05, 0) is 38.1 Å². The van der Waals surface area contributed by atoms with Gasteiger partial charge in [0.1, 0.15) is 0 Å². The van der Waals surface area contributed by atoms with E-state index in [0.29, 0.717) is 5.69 Å². The Hall–Kier alpha value is -3.35. The number of carbonyl (C=O) groups excluding carboxylic acids is 3. The normalized spacial score (nSPS) is 12.0. The lowest BCUT2D eigenvalue weighted by Gasteiger charge is -2.14. The van der Waals surface area contributed by atoms with Crippen molar-refractivity contribution in [2.75, 3.05) is 11.9 Å². The molecule has 29 heavy (non-hydrogen) atoms. The number of ether oxygens (including phenoxy) is 1. The molecule has 2 aromatic carbocycles. The van der Waals surface area contributed by atoms with E-state index in [0.717, 1.165) is 28.4 Å². The summed E-state index contributed by atoms with van der Waals surface area (Å²) in [6.07, 6.45) is -0.924. The fourth-order valence-electron chi connectivity index (χ4n) is 3.37. The van der Waals surface area contributed by atoms with E-state index in [9.17, 15) is 14.4 Å². The molecule has 0 spiro atoms. The number of esters is 1. The van der Waals surface area contributed by atoms with Crippen LogP contribution in [0.2, 0.25) is 0 Å². The topological polar surface area (TPSA) is 89.4 Å². The zero-order valence-electron chi connectivity index (χ0n) is 16.8. The molecule has 0 radical (unpaired) electrons. The Morgan fingerprint density at radius 2 is 1.79 bits per heavy atom. The standard InChI is InChI=1S/C22H25N3O4/c1-4-25-19-8-6-5-7-17(19)18-13-16(9-10-20(18)25)24-22(28)14(2)29-21(27)11-12-23-15(3)26/h5-10,13-14H,4,11-12H2,1-3H3,(H,23,26)(H,24,28)/t14-/m0/s1. The summed E-state index contributed by atoms with van der Waals surface area (Å²) in [7, 11) is 0. The zero-order chi connectivity index (χ0) is 21.0. The highest BCUT2D eigenvalue weighted by atomic mass is 16.5. The minimum atomic E-state index is -0.937. The van der Waals surface area contributed by atoms with Gasteiger partial charge in [0.05, 0.1) is 6.42 Å². The lowest BCUT2D eigenvalue weighted by molar-refractivity contribution is -0.153. The Labute approximate surface area is 169 Å². The summed E-state index contributed by atoms with van der Waals surface area (Å²) in [5.41, 5.74) is 2.89. The summed E-state index contributed by atoms with van der Waals surface area (Å²) >= 11 is 0. The first-order valence-electron chi connectivity index (χ1n) is 9.66. The fraction of sp³-hybridized carbons (Fsp3) is 0.318. The van der Waals surface area contributed by atoms with Crippen molar-refractivity contribution in [1.29, 1.82) is 0 Å². The van der Waals surface area contributed by atoms with E-state index in [4.69, 9.17) is 4.74 Å². The number of fused-ring (bicyclic) bond motifs is 3. The van der Waals surface area contributed by atoms with Crippen LogP contribution in [0.3, 0.4) is 0 Å². The molecule has 7 heteroatoms. The number of carbonyl (C=O) groups is 3. The van der Waals surface area contributed by atoms with Gasteiger partial charge < -0.3 is 19.9 Å². The van der Waals surface area contributed by atoms with Crippen LogP contribution in [0.4, 0.5) is 5.69 Å². The SMILES string of the molecule is CCn1c2ccccc2c2cc(NC(=O)[C@H](C)OC(=O)CCNC(C)=O)ccc21. The van der Waals surface area contributed by atoms with E-state index in [2.05, 4.69) is 34.3 Å². The second kappa shape index (κ2) is 8.77. The Bertz CT molecular complexity index is 1070. The van der Waals surface area contributed by atoms with Gasteiger partial charge in [0.2, 0.25) is 5.91 Å². The van der Waals surface area contributed by atoms with Gasteiger partial charge in [-0.1, -0.05) is 18.2 Å². The second-order valence-corrected chi connectivity index (χ2v) is 6.85. The number of rotatable bonds is 7. The van der Waals surface area contributed by atoms with Gasteiger partial charge in [-0.3, -0.25) is 14.4 Å². The van der Waals surface area contributed by atoms with Crippen LogP contribution in [0.5, 0.6) is 0 Å². The molecule has 7 nitrogen and oxygen atoms in total. The smallest absolute Gasteiger partial charge is 0.308 e. The quantitative estimate of drug-likeness (QED) is 0.601. The molecule has 1 aromatic heterocycles. The van der Waals surface area contributed by atoms with Gasteiger partial charge in [-0.2, -0.15) is 0 Å². The van der Waals surface area contributed by atoms with Gasteiger partial charge in [-0.15, -0.1) is 0 Å². The van der Waals surface area contributed by atoms with Crippen molar-refractivity contribution in [3.8, 4) is 0 Å². The van der Waals surface area contributed by atoms with Crippen LogP contribution in [0.1, 0.15) is 27.2 Å². The number of nitrogens with zero attached hydrogens (tertiary/aromatic N) is 1. The molecule has 0 saturated heterocycles. The lowest BCUT2D eigenvalue weighted by atomic mass is 10.1. The van der Waals surface area contributed by atoms with E-state index in [1.54, 1.807) is 0 Å². The van der Waals surface area contributed by atoms with Crippen molar-refractivity contribution in [1.82, 2.24) is 9.88 Å². The molecule has 2 amide bonds. The average Bonchev–Trinajstić information content (AvgIpc) is 3.00. The number of aryl methyl sites for hydroxylation is 1. The molecule has 0 bridgehead atoms. The highest BCUT2D eigenvalue weighted by Crippen LogP contribution is 2.31. The second-order valence-electron chi connectivity index (χ2n) is 6.85. The van der Waals surface area contributed by atoms with Crippen LogP contribution in [0.15, 0.2) is 42.5 Å². The lowest BCUT2D eigenvalue weighted by Crippen LogP contribution is -2.31. The van der Waals surface area contributed by atoms with E-state index >= 15 is 0 Å². The van der Waals surface area contributed by atoms with Crippen LogP contribution < -0.4 is 10.6 Å². The Kier molecular flexibility index (Phi) is 6.16. The van der Waals surface area contributed by atoms with Crippen molar-refractivity contribution < 1.29 is 19.1 Å². The summed E-state index contributed by atoms with van der Waals surface area (Å²) in [5.74, 6) is -1.16. The summed E-state index contributed by atoms with van der Waals surface area (Å²) < 4.78 is 7.37. The molecule has 2 N–H and O–H groups in total. The molecule has 0 aliphatic rings. The molecule has 3 aromatic rings. The molecular formula is C22H25N3O4. The number of para-hydroxylation sites is 1. The number of nitrogens with one attached hydrogen (secondary N) is 2. The van der Waals surface area contributed by atoms with Gasteiger partial charge in [0.25, 0.3) is 5.91 Å². The number of benzene rings is 2. The fourth-order valence-corrected chi connectivity index (χ4v) is 3.37. The molecular weight excluding hydrogens is 370 g/mol. The maximum atomic E-state index is 12.4. The van der Waals surface area contributed by atoms with Crippen molar-refractivity contribution in [3.63, 3.8) is 0 Å². The number of aromatic nitrogens is 1. The summed E-state index contributed by atoms with van der Waals surface area (Å²) in [6.45, 7) is 6.02. The minimum absolute atomic E-state index is 0.0136. The summed E-state index contributed by atoms with van der Waals surface area (Å²) in [6, 6.07) is 13.9. The Morgan fingerprint density at radius 1 is 1.07 bits per heavy atom. The maximum absolute atomic E-state index is 12.4. The number of anilines is 1. The van der Waals surface area contributed by atoms with Crippen LogP contribution in [0, 0.1) is 0 Å². The third kappa shape index (κ3) is 4.56. The molecule has 0 aliphatic carbocycles. The van der Waals surface area contributed by atoms with Crippen LogP contribution >= 0.6 is 0 Å². The van der Waals surface area contributed by atoms with Gasteiger partial charge in [-0.25, -0.2) is 0 Å². The average molecular weight is 395 g/mol. The Morgan fingerprint density at radius 3 is 2.52 bits per heavy atom. The Balaban J connectivity index is 1.71. The third-order valence-corrected chi connectivity index (χ3v) is 4.74. The number of hydrogen-bond acceptors (Lipinski definition) is 4. The maximum Gasteiger partial charge on any atom is 0.308 e. The van der Waals surface area contributed by atoms with E-state index < -0.39 is 18.0 Å². The molecule has 0 saturated carbocycles. The number of hydrogen-bond donors (Lipinski definition) is 2. The molecule has 1 atom stereocenters. The van der Waals surface area contributed by atoms with E-state index in [1.165, 1.54) is 13.8 Å². The van der Waals surface area contributed by atoms with E-state index in [-0.39, 0.29) is 18.9 Å². The molecule has 3 rings (SSSR count). The summed E-state index contributed by atoms with van der Waals surface area (Å²) in [4.78, 5) is 35.0. The van der Waals surface area contributed by atoms with Gasteiger partial charge in [0.15, 0.2) is 6.10 Å². The van der Waals surface area contributed by atoms with Crippen molar-refractivity contribution in [2.24, 2.45) is 0 Å². The monoisotopic (exact) mass is 395 g/mol. The summed E-state index contributed by atoms with van der Waals surface area (Å²) in [5, 5.41) is 7.50. The first-order valence-corrected chi connectivity index (χ1v) is 9.66. The van der Waals surface area contributed by atoms with Gasteiger partial charge in [0, 0.05) is 47.5 Å². The van der Waals surface area contributed by atoms with Crippen LogP contribution in [-0.4, -0.2) is 35.0 Å². The van der Waals surface area contributed by atoms with E-state index in [1.807, 2.05) is 30.3 Å². The van der Waals surface area contributed by atoms with Gasteiger partial charge >= 0.3 is 5.97 Å². The highest BCUT2D eigenvalue weighted by Gasteiger charge is 2.18. The molecule has 152 valence electrons. The third-order valence-electron chi connectivity index (χ3n) is 4.74. The molecule has 0 unspecified atom stereocenters. The molecule has 0 fully saturated rings. The first kappa shape index (κ1) is 20.4.